The zero-order valence-electron chi connectivity index (χ0n) is 11.1. The van der Waals surface area contributed by atoms with Crippen molar-refractivity contribution in [3.63, 3.8) is 0 Å². The van der Waals surface area contributed by atoms with E-state index >= 15 is 0 Å². The van der Waals surface area contributed by atoms with Crippen LogP contribution in [0.2, 0.25) is 0 Å². The summed E-state index contributed by atoms with van der Waals surface area (Å²) in [6.45, 7) is 5.19. The smallest absolute Gasteiger partial charge is 0.241 e. The lowest BCUT2D eigenvalue weighted by Gasteiger charge is -2.10. The largest absolute Gasteiger partial charge is 0.326 e. The lowest BCUT2D eigenvalue weighted by atomic mass is 10.1. The molecule has 0 aliphatic heterocycles. The number of hydrogen-bond acceptors (Lipinski definition) is 3. The topological polar surface area (TPSA) is 72.2 Å². The number of hydrogen-bond donors (Lipinski definition) is 2. The molecule has 1 aliphatic rings. The molecular formula is C13H19BrN2O2S. The van der Waals surface area contributed by atoms with E-state index < -0.39 is 10.0 Å². The summed E-state index contributed by atoms with van der Waals surface area (Å²) in [6.07, 6.45) is 1.07. The SMILES string of the molecule is CC1(C)CC1CNS(=O)(=O)c1ccc(CN)cc1Br. The number of rotatable bonds is 5. The second-order valence-corrected chi connectivity index (χ2v) is 8.30. The summed E-state index contributed by atoms with van der Waals surface area (Å²) in [7, 11) is -3.46. The van der Waals surface area contributed by atoms with Crippen LogP contribution in [0.3, 0.4) is 0 Å². The molecule has 19 heavy (non-hydrogen) atoms. The Morgan fingerprint density at radius 1 is 1.47 bits per heavy atom. The highest BCUT2D eigenvalue weighted by molar-refractivity contribution is 9.10. The average molecular weight is 347 g/mol. The number of nitrogens with two attached hydrogens (primary N) is 1. The Bertz CT molecular complexity index is 584. The van der Waals surface area contributed by atoms with Crippen LogP contribution in [0.4, 0.5) is 0 Å². The molecule has 1 fully saturated rings. The average Bonchev–Trinajstić information content (AvgIpc) is 2.94. The van der Waals surface area contributed by atoms with E-state index in [1.54, 1.807) is 18.2 Å². The van der Waals surface area contributed by atoms with Crippen LogP contribution in [0.25, 0.3) is 0 Å². The third-order valence-electron chi connectivity index (χ3n) is 3.76. The highest BCUT2D eigenvalue weighted by atomic mass is 79.9. The zero-order chi connectivity index (χ0) is 14.3. The summed E-state index contributed by atoms with van der Waals surface area (Å²) in [5.41, 5.74) is 6.69. The fourth-order valence-electron chi connectivity index (χ4n) is 2.10. The lowest BCUT2D eigenvalue weighted by Crippen LogP contribution is -2.27. The summed E-state index contributed by atoms with van der Waals surface area (Å²) in [5.74, 6) is 0.435. The minimum absolute atomic E-state index is 0.267. The molecule has 0 heterocycles. The Morgan fingerprint density at radius 3 is 2.58 bits per heavy atom. The van der Waals surface area contributed by atoms with Gasteiger partial charge in [-0.3, -0.25) is 0 Å². The maximum absolute atomic E-state index is 12.2. The Labute approximate surface area is 122 Å². The molecule has 3 N–H and O–H groups in total. The van der Waals surface area contributed by atoms with E-state index in [1.165, 1.54) is 0 Å². The minimum Gasteiger partial charge on any atom is -0.326 e. The van der Waals surface area contributed by atoms with Gasteiger partial charge in [-0.15, -0.1) is 0 Å². The van der Waals surface area contributed by atoms with E-state index in [2.05, 4.69) is 34.5 Å². The molecule has 0 aromatic heterocycles. The summed E-state index contributed by atoms with van der Waals surface area (Å²) >= 11 is 3.29. The molecule has 1 unspecified atom stereocenters. The van der Waals surface area contributed by atoms with Gasteiger partial charge in [0.25, 0.3) is 0 Å². The van der Waals surface area contributed by atoms with Crippen LogP contribution in [0.5, 0.6) is 0 Å². The van der Waals surface area contributed by atoms with E-state index in [9.17, 15) is 8.42 Å². The van der Waals surface area contributed by atoms with Gasteiger partial charge >= 0.3 is 0 Å². The standard InChI is InChI=1S/C13H19BrN2O2S/c1-13(2)6-10(13)8-16-19(17,18)12-4-3-9(7-15)5-11(12)14/h3-5,10,16H,6-8,15H2,1-2H3. The van der Waals surface area contributed by atoms with Gasteiger partial charge in [0.05, 0.1) is 4.90 Å². The van der Waals surface area contributed by atoms with Crippen molar-refractivity contribution in [1.29, 1.82) is 0 Å². The van der Waals surface area contributed by atoms with Gasteiger partial charge in [-0.25, -0.2) is 13.1 Å². The van der Waals surface area contributed by atoms with Crippen molar-refractivity contribution in [1.82, 2.24) is 4.72 Å². The minimum atomic E-state index is -3.46. The lowest BCUT2D eigenvalue weighted by molar-refractivity contribution is 0.537. The highest BCUT2D eigenvalue weighted by Gasteiger charge is 2.45. The molecule has 0 spiro atoms. The van der Waals surface area contributed by atoms with Crippen LogP contribution < -0.4 is 10.5 Å². The van der Waals surface area contributed by atoms with Crippen molar-refractivity contribution < 1.29 is 8.42 Å². The van der Waals surface area contributed by atoms with Gasteiger partial charge in [0.15, 0.2) is 0 Å². The van der Waals surface area contributed by atoms with Crippen molar-refractivity contribution in [3.8, 4) is 0 Å². The molecule has 1 saturated carbocycles. The van der Waals surface area contributed by atoms with Gasteiger partial charge < -0.3 is 5.73 Å². The molecule has 4 nitrogen and oxygen atoms in total. The predicted octanol–water partition coefficient (Wildman–Crippen LogP) is 2.23. The molecule has 0 radical (unpaired) electrons. The monoisotopic (exact) mass is 346 g/mol. The number of halogens is 1. The van der Waals surface area contributed by atoms with Crippen LogP contribution in [0.15, 0.2) is 27.6 Å². The molecule has 2 rings (SSSR count). The van der Waals surface area contributed by atoms with Crippen LogP contribution in [0, 0.1) is 11.3 Å². The van der Waals surface area contributed by atoms with Crippen molar-refractivity contribution in [2.45, 2.75) is 31.7 Å². The maximum Gasteiger partial charge on any atom is 0.241 e. The molecule has 106 valence electrons. The van der Waals surface area contributed by atoms with Crippen LogP contribution in [0.1, 0.15) is 25.8 Å². The van der Waals surface area contributed by atoms with Gasteiger partial charge in [-0.2, -0.15) is 0 Å². The summed E-state index contributed by atoms with van der Waals surface area (Å²) in [6, 6.07) is 5.07. The third-order valence-corrected chi connectivity index (χ3v) is 6.16. The van der Waals surface area contributed by atoms with Crippen LogP contribution >= 0.6 is 15.9 Å². The fourth-order valence-corrected chi connectivity index (χ4v) is 4.31. The Morgan fingerprint density at radius 2 is 2.11 bits per heavy atom. The van der Waals surface area contributed by atoms with E-state index in [4.69, 9.17) is 5.73 Å². The quantitative estimate of drug-likeness (QED) is 0.858. The van der Waals surface area contributed by atoms with Crippen molar-refractivity contribution in [2.24, 2.45) is 17.1 Å². The molecule has 1 aromatic rings. The molecule has 0 amide bonds. The van der Waals surface area contributed by atoms with Gasteiger partial charge in [0.1, 0.15) is 0 Å². The third kappa shape index (κ3) is 3.37. The molecule has 6 heteroatoms. The summed E-state index contributed by atoms with van der Waals surface area (Å²) in [5, 5.41) is 0. The maximum atomic E-state index is 12.2. The van der Waals surface area contributed by atoms with Gasteiger partial charge in [-0.05, 0) is 51.4 Å². The molecule has 0 bridgehead atoms. The Hall–Kier alpha value is -0.430. The van der Waals surface area contributed by atoms with Gasteiger partial charge in [0.2, 0.25) is 10.0 Å². The van der Waals surface area contributed by atoms with E-state index in [-0.39, 0.29) is 10.3 Å². The molecular weight excluding hydrogens is 328 g/mol. The van der Waals surface area contributed by atoms with Crippen molar-refractivity contribution in [2.75, 3.05) is 6.54 Å². The Kier molecular flexibility index (Phi) is 4.07. The first kappa shape index (κ1) is 15.0. The first-order valence-electron chi connectivity index (χ1n) is 6.24. The first-order valence-corrected chi connectivity index (χ1v) is 8.52. The van der Waals surface area contributed by atoms with Gasteiger partial charge in [-0.1, -0.05) is 19.9 Å². The number of benzene rings is 1. The molecule has 1 aliphatic carbocycles. The number of sulfonamides is 1. The first-order chi connectivity index (χ1) is 8.76. The molecule has 1 atom stereocenters. The predicted molar refractivity (Wildman–Crippen MR) is 79.1 cm³/mol. The highest BCUT2D eigenvalue weighted by Crippen LogP contribution is 2.51. The Balaban J connectivity index is 2.11. The summed E-state index contributed by atoms with van der Waals surface area (Å²) in [4.78, 5) is 0.267. The van der Waals surface area contributed by atoms with E-state index in [0.29, 0.717) is 23.5 Å². The van der Waals surface area contributed by atoms with Crippen LogP contribution in [-0.2, 0) is 16.6 Å². The zero-order valence-corrected chi connectivity index (χ0v) is 13.5. The fraction of sp³-hybridized carbons (Fsp3) is 0.538. The second-order valence-electron chi connectivity index (χ2n) is 5.71. The van der Waals surface area contributed by atoms with Crippen LogP contribution in [-0.4, -0.2) is 15.0 Å². The van der Waals surface area contributed by atoms with Gasteiger partial charge in [0, 0.05) is 17.6 Å². The molecule has 0 saturated heterocycles. The second kappa shape index (κ2) is 5.16. The van der Waals surface area contributed by atoms with E-state index in [1.807, 2.05) is 0 Å². The normalized spacial score (nSPS) is 21.4. The van der Waals surface area contributed by atoms with E-state index in [0.717, 1.165) is 12.0 Å². The van der Waals surface area contributed by atoms with Crippen molar-refractivity contribution >= 4 is 26.0 Å². The number of nitrogens with one attached hydrogen (secondary N) is 1. The molecule has 1 aromatic carbocycles. The van der Waals surface area contributed by atoms with Crippen molar-refractivity contribution in [3.05, 3.63) is 28.2 Å². The summed E-state index contributed by atoms with van der Waals surface area (Å²) < 4.78 is 27.7.